The molecule has 1 rings (SSSR count). The quantitative estimate of drug-likeness (QED) is 0.520. The van der Waals surface area contributed by atoms with Gasteiger partial charge in [-0.25, -0.2) is 0 Å². The van der Waals surface area contributed by atoms with Gasteiger partial charge in [-0.05, 0) is 12.5 Å². The number of allylic oxidation sites excluding steroid dienone is 1. The van der Waals surface area contributed by atoms with Gasteiger partial charge in [0.15, 0.2) is 0 Å². The molecule has 0 saturated carbocycles. The molecule has 1 heterocycles. The first kappa shape index (κ1) is 8.31. The van der Waals surface area contributed by atoms with Crippen LogP contribution < -0.4 is 0 Å². The predicted octanol–water partition coefficient (Wildman–Crippen LogP) is 1.54. The highest BCUT2D eigenvalue weighted by Crippen LogP contribution is 2.24. The van der Waals surface area contributed by atoms with Gasteiger partial charge in [0, 0.05) is 38.5 Å². The van der Waals surface area contributed by atoms with Gasteiger partial charge in [0.05, 0.1) is 0 Å². The van der Waals surface area contributed by atoms with Crippen molar-refractivity contribution in [2.75, 3.05) is 20.6 Å². The molecule has 0 bridgehead atoms. The third-order valence-corrected chi connectivity index (χ3v) is 2.34. The Balaban J connectivity index is 2.87. The van der Waals surface area contributed by atoms with E-state index in [1.54, 1.807) is 0 Å². The number of aliphatic imine (C=N–C) groups is 1. The molecule has 0 aromatic heterocycles. The number of hydrogen-bond donors (Lipinski definition) is 0. The maximum atomic E-state index is 4.04. The lowest BCUT2D eigenvalue weighted by atomic mass is 10.1. The Labute approximate surface area is 68.6 Å². The van der Waals surface area contributed by atoms with Gasteiger partial charge in [-0.3, -0.25) is 4.99 Å². The van der Waals surface area contributed by atoms with E-state index < -0.39 is 0 Å². The van der Waals surface area contributed by atoms with E-state index in [0.717, 1.165) is 6.54 Å². The van der Waals surface area contributed by atoms with Crippen LogP contribution in [0.2, 0.25) is 0 Å². The largest absolute Gasteiger partial charge is 0.377 e. The summed E-state index contributed by atoms with van der Waals surface area (Å²) in [6.45, 7) is 5.53. The van der Waals surface area contributed by atoms with Gasteiger partial charge in [-0.1, -0.05) is 6.92 Å². The Kier molecular flexibility index (Phi) is 2.32. The van der Waals surface area contributed by atoms with Gasteiger partial charge in [0.2, 0.25) is 0 Å². The summed E-state index contributed by atoms with van der Waals surface area (Å²) >= 11 is 0. The topological polar surface area (TPSA) is 15.6 Å². The van der Waals surface area contributed by atoms with Crippen molar-refractivity contribution in [3.8, 4) is 0 Å². The van der Waals surface area contributed by atoms with Crippen LogP contribution in [-0.2, 0) is 0 Å². The fraction of sp³-hybridized carbons (Fsp3) is 0.667. The SMILES string of the molecule is CN=CC1=C(C)N(C)CC1C. The molecular weight excluding hydrogens is 136 g/mol. The van der Waals surface area contributed by atoms with E-state index in [1.807, 2.05) is 13.3 Å². The lowest BCUT2D eigenvalue weighted by Gasteiger charge is -2.11. The molecule has 0 spiro atoms. The third-order valence-electron chi connectivity index (χ3n) is 2.34. The van der Waals surface area contributed by atoms with Crippen molar-refractivity contribution in [3.63, 3.8) is 0 Å². The Morgan fingerprint density at radius 2 is 2.27 bits per heavy atom. The zero-order valence-electron chi connectivity index (χ0n) is 7.76. The summed E-state index contributed by atoms with van der Waals surface area (Å²) in [5, 5.41) is 0. The molecular formula is C9H16N2. The van der Waals surface area contributed by atoms with Crippen LogP contribution >= 0.6 is 0 Å². The maximum Gasteiger partial charge on any atom is 0.0277 e. The van der Waals surface area contributed by atoms with E-state index >= 15 is 0 Å². The van der Waals surface area contributed by atoms with Crippen molar-refractivity contribution >= 4 is 6.21 Å². The Hall–Kier alpha value is -0.790. The highest BCUT2D eigenvalue weighted by molar-refractivity contribution is 5.80. The Morgan fingerprint density at radius 1 is 1.64 bits per heavy atom. The summed E-state index contributed by atoms with van der Waals surface area (Å²) in [7, 11) is 3.95. The molecule has 0 aromatic carbocycles. The molecule has 11 heavy (non-hydrogen) atoms. The van der Waals surface area contributed by atoms with Crippen molar-refractivity contribution in [2.24, 2.45) is 10.9 Å². The molecule has 2 nitrogen and oxygen atoms in total. The molecule has 1 aliphatic heterocycles. The van der Waals surface area contributed by atoms with E-state index in [4.69, 9.17) is 0 Å². The van der Waals surface area contributed by atoms with Crippen LogP contribution in [0.5, 0.6) is 0 Å². The van der Waals surface area contributed by atoms with E-state index in [9.17, 15) is 0 Å². The molecule has 0 N–H and O–H groups in total. The average molecular weight is 152 g/mol. The maximum absolute atomic E-state index is 4.04. The van der Waals surface area contributed by atoms with Crippen LogP contribution in [0.1, 0.15) is 13.8 Å². The van der Waals surface area contributed by atoms with Crippen LogP contribution in [0.15, 0.2) is 16.3 Å². The molecule has 0 radical (unpaired) electrons. The Bertz CT molecular complexity index is 204. The summed E-state index contributed by atoms with van der Waals surface area (Å²) in [5.74, 6) is 0.642. The lowest BCUT2D eigenvalue weighted by molar-refractivity contribution is 0.423. The summed E-state index contributed by atoms with van der Waals surface area (Å²) in [5.41, 5.74) is 2.75. The van der Waals surface area contributed by atoms with E-state index in [2.05, 4.69) is 30.8 Å². The van der Waals surface area contributed by atoms with Crippen LogP contribution in [0.25, 0.3) is 0 Å². The highest BCUT2D eigenvalue weighted by Gasteiger charge is 2.21. The summed E-state index contributed by atoms with van der Waals surface area (Å²) in [4.78, 5) is 6.32. The zero-order chi connectivity index (χ0) is 8.43. The van der Waals surface area contributed by atoms with Gasteiger partial charge in [0.1, 0.15) is 0 Å². The molecule has 0 aromatic rings. The second kappa shape index (κ2) is 3.07. The lowest BCUT2D eigenvalue weighted by Crippen LogP contribution is -2.13. The minimum Gasteiger partial charge on any atom is -0.377 e. The third kappa shape index (κ3) is 1.44. The van der Waals surface area contributed by atoms with Crippen LogP contribution in [0.4, 0.5) is 0 Å². The highest BCUT2D eigenvalue weighted by atomic mass is 15.1. The minimum absolute atomic E-state index is 0.642. The number of rotatable bonds is 1. The monoisotopic (exact) mass is 152 g/mol. The van der Waals surface area contributed by atoms with Crippen molar-refractivity contribution in [1.82, 2.24) is 4.90 Å². The normalized spacial score (nSPS) is 25.8. The van der Waals surface area contributed by atoms with E-state index in [1.165, 1.54) is 11.3 Å². The molecule has 2 heteroatoms. The first-order chi connectivity index (χ1) is 5.16. The summed E-state index contributed by atoms with van der Waals surface area (Å²) < 4.78 is 0. The van der Waals surface area contributed by atoms with Gasteiger partial charge in [0.25, 0.3) is 0 Å². The fourth-order valence-corrected chi connectivity index (χ4v) is 1.58. The van der Waals surface area contributed by atoms with E-state index in [0.29, 0.717) is 5.92 Å². The second-order valence-corrected chi connectivity index (χ2v) is 3.21. The van der Waals surface area contributed by atoms with Crippen molar-refractivity contribution in [1.29, 1.82) is 0 Å². The minimum atomic E-state index is 0.642. The van der Waals surface area contributed by atoms with Crippen molar-refractivity contribution < 1.29 is 0 Å². The molecule has 1 aliphatic rings. The Morgan fingerprint density at radius 3 is 2.64 bits per heavy atom. The molecule has 0 fully saturated rings. The van der Waals surface area contributed by atoms with Crippen LogP contribution in [-0.4, -0.2) is 31.8 Å². The molecule has 0 saturated heterocycles. The summed E-state index contributed by atoms with van der Waals surface area (Å²) in [6.07, 6.45) is 1.98. The van der Waals surface area contributed by atoms with Gasteiger partial charge < -0.3 is 4.90 Å². The van der Waals surface area contributed by atoms with Gasteiger partial charge in [-0.15, -0.1) is 0 Å². The molecule has 1 unspecified atom stereocenters. The number of nitrogens with zero attached hydrogens (tertiary/aromatic N) is 2. The fourth-order valence-electron chi connectivity index (χ4n) is 1.58. The van der Waals surface area contributed by atoms with Crippen LogP contribution in [0, 0.1) is 5.92 Å². The number of hydrogen-bond acceptors (Lipinski definition) is 2. The van der Waals surface area contributed by atoms with Gasteiger partial charge in [-0.2, -0.15) is 0 Å². The molecule has 0 amide bonds. The zero-order valence-corrected chi connectivity index (χ0v) is 7.76. The van der Waals surface area contributed by atoms with Gasteiger partial charge >= 0.3 is 0 Å². The summed E-state index contributed by atoms with van der Waals surface area (Å²) in [6, 6.07) is 0. The average Bonchev–Trinajstić information content (AvgIpc) is 2.17. The van der Waals surface area contributed by atoms with Crippen molar-refractivity contribution in [2.45, 2.75) is 13.8 Å². The second-order valence-electron chi connectivity index (χ2n) is 3.21. The smallest absolute Gasteiger partial charge is 0.0277 e. The standard InChI is InChI=1S/C9H16N2/c1-7-6-11(4)8(2)9(7)5-10-3/h5,7H,6H2,1-4H3. The van der Waals surface area contributed by atoms with Crippen molar-refractivity contribution in [3.05, 3.63) is 11.3 Å². The molecule has 62 valence electrons. The van der Waals surface area contributed by atoms with E-state index in [-0.39, 0.29) is 0 Å². The first-order valence-electron chi connectivity index (χ1n) is 4.01. The van der Waals surface area contributed by atoms with Crippen LogP contribution in [0.3, 0.4) is 0 Å². The molecule has 0 aliphatic carbocycles. The predicted molar refractivity (Wildman–Crippen MR) is 48.9 cm³/mol. The first-order valence-corrected chi connectivity index (χ1v) is 4.01. The molecule has 1 atom stereocenters.